The molecule has 2 aromatic carbocycles. The van der Waals surface area contributed by atoms with Crippen molar-refractivity contribution in [3.05, 3.63) is 59.9 Å². The topological polar surface area (TPSA) is 43.1 Å². The molecular weight excluding hydrogens is 450 g/mol. The van der Waals surface area contributed by atoms with E-state index in [0.717, 1.165) is 24.5 Å². The van der Waals surface area contributed by atoms with Crippen LogP contribution in [0.5, 0.6) is 0 Å². The second-order valence-corrected chi connectivity index (χ2v) is 7.20. The highest BCUT2D eigenvalue weighted by Gasteiger charge is 2.18. The van der Waals surface area contributed by atoms with Gasteiger partial charge in [0.15, 0.2) is 5.78 Å². The van der Waals surface area contributed by atoms with E-state index in [0.29, 0.717) is 16.8 Å². The summed E-state index contributed by atoms with van der Waals surface area (Å²) < 4.78 is 2.48. The molecule has 0 aliphatic carbocycles. The fraction of sp³-hybridized carbons (Fsp3) is 0.133. The third-order valence-corrected chi connectivity index (χ3v) is 5.12. The number of hydrogen-bond donors (Lipinski definition) is 1. The highest BCUT2D eigenvalue weighted by molar-refractivity contribution is 9.11. The van der Waals surface area contributed by atoms with Gasteiger partial charge in [0.1, 0.15) is 0 Å². The molecule has 104 valence electrons. The van der Waals surface area contributed by atoms with E-state index in [-0.39, 0.29) is 5.78 Å². The summed E-state index contributed by atoms with van der Waals surface area (Å²) in [7, 11) is 0. The highest BCUT2D eigenvalue weighted by Crippen LogP contribution is 2.30. The highest BCUT2D eigenvalue weighted by atomic mass is 79.9. The molecule has 2 rings (SSSR count). The molecule has 20 heavy (non-hydrogen) atoms. The molecule has 0 unspecified atom stereocenters. The zero-order valence-corrected chi connectivity index (χ0v) is 15.7. The van der Waals surface area contributed by atoms with Crippen molar-refractivity contribution >= 4 is 59.3 Å². The van der Waals surface area contributed by atoms with Gasteiger partial charge in [-0.2, -0.15) is 0 Å². The van der Waals surface area contributed by atoms with Gasteiger partial charge in [0.25, 0.3) is 0 Å². The van der Waals surface area contributed by atoms with Crippen LogP contribution in [0, 0.1) is 13.8 Å². The Morgan fingerprint density at radius 2 is 1.60 bits per heavy atom. The summed E-state index contributed by atoms with van der Waals surface area (Å²) in [5.74, 6) is -0.0527. The molecule has 0 spiro atoms. The SMILES string of the molecule is Cc1cc(Br)c(C(=O)c2cc(Br)cc(N)c2C)cc1Br. The first-order chi connectivity index (χ1) is 9.31. The molecule has 2 nitrogen and oxygen atoms in total. The van der Waals surface area contributed by atoms with Crippen molar-refractivity contribution in [1.82, 2.24) is 0 Å². The molecule has 0 atom stereocenters. The second-order valence-electron chi connectivity index (χ2n) is 4.58. The fourth-order valence-electron chi connectivity index (χ4n) is 1.90. The monoisotopic (exact) mass is 459 g/mol. The molecule has 0 aliphatic rings. The zero-order chi connectivity index (χ0) is 15.0. The minimum absolute atomic E-state index is 0.0527. The van der Waals surface area contributed by atoms with Crippen molar-refractivity contribution in [3.63, 3.8) is 0 Å². The number of benzene rings is 2. The van der Waals surface area contributed by atoms with E-state index in [4.69, 9.17) is 5.73 Å². The number of aryl methyl sites for hydroxylation is 1. The molecule has 0 fully saturated rings. The Balaban J connectivity index is 2.60. The van der Waals surface area contributed by atoms with E-state index < -0.39 is 0 Å². The molecule has 0 heterocycles. The number of ketones is 1. The minimum atomic E-state index is -0.0527. The van der Waals surface area contributed by atoms with Crippen LogP contribution < -0.4 is 5.73 Å². The summed E-state index contributed by atoms with van der Waals surface area (Å²) in [5.41, 5.74) is 9.61. The number of halogens is 3. The number of nitrogen functional groups attached to an aromatic ring is 1. The number of carbonyl (C=O) groups is 1. The van der Waals surface area contributed by atoms with Gasteiger partial charge in [-0.05, 0) is 49.2 Å². The quantitative estimate of drug-likeness (QED) is 0.480. The Labute approximate surface area is 143 Å². The number of nitrogens with two attached hydrogens (primary N) is 1. The first kappa shape index (κ1) is 15.7. The molecule has 0 radical (unpaired) electrons. The third kappa shape index (κ3) is 3.00. The Hall–Kier alpha value is -0.650. The Bertz CT molecular complexity index is 711. The Morgan fingerprint density at radius 3 is 2.25 bits per heavy atom. The van der Waals surface area contributed by atoms with Crippen LogP contribution in [0.4, 0.5) is 5.69 Å². The standard InChI is InChI=1S/C15H12Br3NO/c1-7-3-13(18)11(6-12(7)17)15(20)10-4-9(16)5-14(19)8(10)2/h3-6H,19H2,1-2H3. The Kier molecular flexibility index (Phi) is 4.72. The lowest BCUT2D eigenvalue weighted by atomic mass is 9.97. The van der Waals surface area contributed by atoms with Crippen molar-refractivity contribution in [2.24, 2.45) is 0 Å². The molecule has 2 aromatic rings. The lowest BCUT2D eigenvalue weighted by molar-refractivity contribution is 0.103. The summed E-state index contributed by atoms with van der Waals surface area (Å²) in [4.78, 5) is 12.7. The van der Waals surface area contributed by atoms with Crippen molar-refractivity contribution in [2.45, 2.75) is 13.8 Å². The van der Waals surface area contributed by atoms with Crippen LogP contribution in [-0.4, -0.2) is 5.78 Å². The summed E-state index contributed by atoms with van der Waals surface area (Å²) in [5, 5.41) is 0. The average Bonchev–Trinajstić information content (AvgIpc) is 2.37. The summed E-state index contributed by atoms with van der Waals surface area (Å²) in [6.07, 6.45) is 0. The van der Waals surface area contributed by atoms with Gasteiger partial charge in [-0.1, -0.05) is 47.8 Å². The molecule has 2 N–H and O–H groups in total. The number of rotatable bonds is 2. The van der Waals surface area contributed by atoms with E-state index in [1.807, 2.05) is 26.0 Å². The van der Waals surface area contributed by atoms with Crippen LogP contribution in [0.25, 0.3) is 0 Å². The first-order valence-corrected chi connectivity index (χ1v) is 8.25. The van der Waals surface area contributed by atoms with E-state index in [1.54, 1.807) is 12.1 Å². The van der Waals surface area contributed by atoms with E-state index in [2.05, 4.69) is 47.8 Å². The maximum Gasteiger partial charge on any atom is 0.194 e. The van der Waals surface area contributed by atoms with E-state index >= 15 is 0 Å². The van der Waals surface area contributed by atoms with Crippen LogP contribution in [-0.2, 0) is 0 Å². The van der Waals surface area contributed by atoms with Gasteiger partial charge in [-0.15, -0.1) is 0 Å². The summed E-state index contributed by atoms with van der Waals surface area (Å²) in [6.45, 7) is 3.83. The average molecular weight is 462 g/mol. The van der Waals surface area contributed by atoms with Gasteiger partial charge in [-0.3, -0.25) is 4.79 Å². The Morgan fingerprint density at radius 1 is 0.950 bits per heavy atom. The maximum atomic E-state index is 12.7. The third-order valence-electron chi connectivity index (χ3n) is 3.15. The van der Waals surface area contributed by atoms with Crippen LogP contribution in [0.15, 0.2) is 37.7 Å². The van der Waals surface area contributed by atoms with Crippen molar-refractivity contribution in [2.75, 3.05) is 5.73 Å². The van der Waals surface area contributed by atoms with Gasteiger partial charge in [0, 0.05) is 30.2 Å². The first-order valence-electron chi connectivity index (χ1n) is 5.87. The minimum Gasteiger partial charge on any atom is -0.398 e. The summed E-state index contributed by atoms with van der Waals surface area (Å²) in [6, 6.07) is 7.35. The molecule has 0 aromatic heterocycles. The van der Waals surface area contributed by atoms with E-state index in [9.17, 15) is 4.79 Å². The molecule has 0 aliphatic heterocycles. The van der Waals surface area contributed by atoms with Crippen molar-refractivity contribution in [1.29, 1.82) is 0 Å². The van der Waals surface area contributed by atoms with Gasteiger partial charge < -0.3 is 5.73 Å². The molecule has 0 bridgehead atoms. The lowest BCUT2D eigenvalue weighted by Crippen LogP contribution is -2.07. The largest absolute Gasteiger partial charge is 0.398 e. The van der Waals surface area contributed by atoms with Crippen LogP contribution in [0.3, 0.4) is 0 Å². The molecule has 5 heteroatoms. The molecule has 0 amide bonds. The zero-order valence-electron chi connectivity index (χ0n) is 10.9. The van der Waals surface area contributed by atoms with Crippen LogP contribution in [0.2, 0.25) is 0 Å². The molecule has 0 saturated carbocycles. The molecule has 0 saturated heterocycles. The van der Waals surface area contributed by atoms with Gasteiger partial charge >= 0.3 is 0 Å². The smallest absolute Gasteiger partial charge is 0.194 e. The van der Waals surface area contributed by atoms with Gasteiger partial charge in [-0.25, -0.2) is 0 Å². The maximum absolute atomic E-state index is 12.7. The lowest BCUT2D eigenvalue weighted by Gasteiger charge is -2.11. The fourth-order valence-corrected chi connectivity index (χ4v) is 3.36. The van der Waals surface area contributed by atoms with Crippen molar-refractivity contribution in [3.8, 4) is 0 Å². The van der Waals surface area contributed by atoms with Gasteiger partial charge in [0.2, 0.25) is 0 Å². The van der Waals surface area contributed by atoms with Crippen LogP contribution >= 0.6 is 47.8 Å². The summed E-state index contributed by atoms with van der Waals surface area (Å²) >= 11 is 10.3. The predicted molar refractivity (Wildman–Crippen MR) is 93.3 cm³/mol. The van der Waals surface area contributed by atoms with Crippen LogP contribution in [0.1, 0.15) is 27.0 Å². The number of anilines is 1. The number of hydrogen-bond acceptors (Lipinski definition) is 2. The van der Waals surface area contributed by atoms with Gasteiger partial charge in [0.05, 0.1) is 0 Å². The number of carbonyl (C=O) groups excluding carboxylic acids is 1. The predicted octanol–water partition coefficient (Wildman–Crippen LogP) is 5.40. The normalized spacial score (nSPS) is 10.7. The van der Waals surface area contributed by atoms with E-state index in [1.165, 1.54) is 0 Å². The molecular formula is C15H12Br3NO. The van der Waals surface area contributed by atoms with Crippen molar-refractivity contribution < 1.29 is 4.79 Å². The second kappa shape index (κ2) is 6.00.